The number of benzene rings is 1. The predicted molar refractivity (Wildman–Crippen MR) is 76.1 cm³/mol. The number of ether oxygens (including phenoxy) is 1. The molecule has 1 spiro atoms. The number of rotatable bonds is 1. The number of hydrogen-bond donors (Lipinski definition) is 1. The van der Waals surface area contributed by atoms with Crippen molar-refractivity contribution in [2.45, 2.75) is 24.7 Å². The number of amides is 1. The van der Waals surface area contributed by atoms with Gasteiger partial charge in [0.05, 0.1) is 17.5 Å². The second-order valence-corrected chi connectivity index (χ2v) is 5.94. The minimum Gasteiger partial charge on any atom is -0.468 e. The number of anilines is 1. The minimum absolute atomic E-state index is 0.0411. The molecular formula is C15H13ClFNO4. The summed E-state index contributed by atoms with van der Waals surface area (Å²) < 4.78 is 18.4. The minimum atomic E-state index is -1.17. The van der Waals surface area contributed by atoms with Crippen LogP contribution in [0.2, 0.25) is 5.02 Å². The lowest BCUT2D eigenvalue weighted by molar-refractivity contribution is -0.152. The van der Waals surface area contributed by atoms with Gasteiger partial charge in [-0.1, -0.05) is 11.6 Å². The molecule has 0 bridgehead atoms. The first kappa shape index (κ1) is 15.0. The zero-order chi connectivity index (χ0) is 16.1. The van der Waals surface area contributed by atoms with E-state index in [9.17, 15) is 18.8 Å². The van der Waals surface area contributed by atoms with Crippen molar-refractivity contribution in [2.75, 3.05) is 12.4 Å². The van der Waals surface area contributed by atoms with Gasteiger partial charge in [0.1, 0.15) is 17.5 Å². The number of halogens is 2. The fourth-order valence-corrected chi connectivity index (χ4v) is 3.69. The Kier molecular flexibility index (Phi) is 3.44. The summed E-state index contributed by atoms with van der Waals surface area (Å²) in [5.41, 5.74) is -0.406. The third-order valence-corrected chi connectivity index (χ3v) is 4.85. The van der Waals surface area contributed by atoms with E-state index in [0.717, 1.165) is 0 Å². The molecule has 2 unspecified atom stereocenters. The molecule has 22 heavy (non-hydrogen) atoms. The normalized spacial score (nSPS) is 26.8. The van der Waals surface area contributed by atoms with Crippen LogP contribution in [0.4, 0.5) is 10.1 Å². The Labute approximate surface area is 130 Å². The summed E-state index contributed by atoms with van der Waals surface area (Å²) in [4.78, 5) is 36.3. The third-order valence-electron chi connectivity index (χ3n) is 4.48. The highest BCUT2D eigenvalue weighted by atomic mass is 35.5. The van der Waals surface area contributed by atoms with Crippen LogP contribution in [-0.2, 0) is 24.5 Å². The van der Waals surface area contributed by atoms with Crippen LogP contribution in [0.5, 0.6) is 0 Å². The number of esters is 1. The SMILES string of the molecule is COC(=O)C1CC2(CCC1=O)C(=O)Nc1ccc(F)c(Cl)c12. The molecule has 0 saturated heterocycles. The molecule has 1 N–H and O–H groups in total. The van der Waals surface area contributed by atoms with E-state index in [2.05, 4.69) is 10.1 Å². The fraction of sp³-hybridized carbons (Fsp3) is 0.400. The summed E-state index contributed by atoms with van der Waals surface area (Å²) >= 11 is 6.06. The lowest BCUT2D eigenvalue weighted by Gasteiger charge is -2.34. The number of fused-ring (bicyclic) bond motifs is 2. The van der Waals surface area contributed by atoms with Crippen molar-refractivity contribution in [2.24, 2.45) is 5.92 Å². The van der Waals surface area contributed by atoms with E-state index in [1.54, 1.807) is 0 Å². The molecule has 3 rings (SSSR count). The zero-order valence-electron chi connectivity index (χ0n) is 11.7. The van der Waals surface area contributed by atoms with E-state index < -0.39 is 23.1 Å². The molecule has 2 aliphatic rings. The number of methoxy groups -OCH3 is 1. The average Bonchev–Trinajstić information content (AvgIpc) is 2.78. The lowest BCUT2D eigenvalue weighted by Crippen LogP contribution is -2.45. The van der Waals surface area contributed by atoms with Gasteiger partial charge in [0, 0.05) is 17.7 Å². The maximum atomic E-state index is 13.8. The van der Waals surface area contributed by atoms with E-state index in [1.807, 2.05) is 0 Å². The molecule has 1 heterocycles. The molecule has 1 fully saturated rings. The number of ketones is 1. The van der Waals surface area contributed by atoms with Crippen LogP contribution in [0.25, 0.3) is 0 Å². The monoisotopic (exact) mass is 325 g/mol. The molecule has 1 amide bonds. The Morgan fingerprint density at radius 3 is 2.86 bits per heavy atom. The first-order chi connectivity index (χ1) is 10.4. The van der Waals surface area contributed by atoms with Gasteiger partial charge in [-0.25, -0.2) is 4.39 Å². The Hall–Kier alpha value is -1.95. The van der Waals surface area contributed by atoms with Crippen molar-refractivity contribution in [3.63, 3.8) is 0 Å². The van der Waals surface area contributed by atoms with Gasteiger partial charge in [-0.05, 0) is 25.0 Å². The first-order valence-corrected chi connectivity index (χ1v) is 7.19. The number of Topliss-reactive ketones (excluding diaryl/α,β-unsaturated/α-hetero) is 1. The number of carbonyl (C=O) groups excluding carboxylic acids is 3. The van der Waals surface area contributed by atoms with Crippen LogP contribution in [0.3, 0.4) is 0 Å². The van der Waals surface area contributed by atoms with E-state index in [0.29, 0.717) is 11.3 Å². The summed E-state index contributed by atoms with van der Waals surface area (Å²) in [6.07, 6.45) is 0.182. The van der Waals surface area contributed by atoms with E-state index in [1.165, 1.54) is 19.2 Å². The average molecular weight is 326 g/mol. The lowest BCUT2D eigenvalue weighted by atomic mass is 9.66. The molecule has 1 aromatic rings. The van der Waals surface area contributed by atoms with Crippen LogP contribution in [0, 0.1) is 11.7 Å². The number of carbonyl (C=O) groups is 3. The fourth-order valence-electron chi connectivity index (χ4n) is 3.34. The van der Waals surface area contributed by atoms with E-state index in [-0.39, 0.29) is 36.0 Å². The van der Waals surface area contributed by atoms with Gasteiger partial charge in [-0.15, -0.1) is 0 Å². The highest BCUT2D eigenvalue weighted by molar-refractivity contribution is 6.33. The van der Waals surface area contributed by atoms with Gasteiger partial charge in [-0.2, -0.15) is 0 Å². The van der Waals surface area contributed by atoms with E-state index in [4.69, 9.17) is 11.6 Å². The van der Waals surface area contributed by atoms with Crippen molar-refractivity contribution in [1.82, 2.24) is 0 Å². The zero-order valence-corrected chi connectivity index (χ0v) is 12.5. The molecular weight excluding hydrogens is 313 g/mol. The van der Waals surface area contributed by atoms with Gasteiger partial charge in [0.15, 0.2) is 0 Å². The highest BCUT2D eigenvalue weighted by Crippen LogP contribution is 2.51. The van der Waals surface area contributed by atoms with Crippen LogP contribution in [0.15, 0.2) is 12.1 Å². The van der Waals surface area contributed by atoms with Crippen molar-refractivity contribution in [3.05, 3.63) is 28.5 Å². The smallest absolute Gasteiger partial charge is 0.316 e. The highest BCUT2D eigenvalue weighted by Gasteiger charge is 2.54. The van der Waals surface area contributed by atoms with Gasteiger partial charge in [0.25, 0.3) is 0 Å². The second-order valence-electron chi connectivity index (χ2n) is 5.57. The van der Waals surface area contributed by atoms with Gasteiger partial charge < -0.3 is 10.1 Å². The molecule has 1 aliphatic carbocycles. The molecule has 0 radical (unpaired) electrons. The van der Waals surface area contributed by atoms with Gasteiger partial charge >= 0.3 is 5.97 Å². The quantitative estimate of drug-likeness (QED) is 0.634. The second kappa shape index (κ2) is 5.05. The summed E-state index contributed by atoms with van der Waals surface area (Å²) in [6.45, 7) is 0. The van der Waals surface area contributed by atoms with Crippen molar-refractivity contribution >= 4 is 34.9 Å². The summed E-state index contributed by atoms with van der Waals surface area (Å²) in [5.74, 6) is -2.99. The molecule has 2 atom stereocenters. The van der Waals surface area contributed by atoms with Gasteiger partial charge in [-0.3, -0.25) is 14.4 Å². The third kappa shape index (κ3) is 1.94. The van der Waals surface area contributed by atoms with Crippen molar-refractivity contribution in [1.29, 1.82) is 0 Å². The van der Waals surface area contributed by atoms with Crippen LogP contribution >= 0.6 is 11.6 Å². The maximum absolute atomic E-state index is 13.8. The van der Waals surface area contributed by atoms with Crippen LogP contribution in [0.1, 0.15) is 24.8 Å². The van der Waals surface area contributed by atoms with Gasteiger partial charge in [0.2, 0.25) is 5.91 Å². The van der Waals surface area contributed by atoms with Crippen LogP contribution < -0.4 is 5.32 Å². The first-order valence-electron chi connectivity index (χ1n) is 6.81. The van der Waals surface area contributed by atoms with E-state index >= 15 is 0 Å². The Bertz CT molecular complexity index is 697. The predicted octanol–water partition coefficient (Wildman–Crippen LogP) is 2.21. The molecule has 116 valence electrons. The topological polar surface area (TPSA) is 72.5 Å². The molecule has 0 aromatic heterocycles. The summed E-state index contributed by atoms with van der Waals surface area (Å²) in [7, 11) is 1.19. The van der Waals surface area contributed by atoms with Crippen LogP contribution in [-0.4, -0.2) is 24.8 Å². The summed E-state index contributed by atoms with van der Waals surface area (Å²) in [5, 5.41) is 2.52. The number of nitrogens with one attached hydrogen (secondary N) is 1. The Morgan fingerprint density at radius 1 is 1.45 bits per heavy atom. The molecule has 7 heteroatoms. The van der Waals surface area contributed by atoms with Crippen molar-refractivity contribution in [3.8, 4) is 0 Å². The molecule has 1 saturated carbocycles. The molecule has 1 aliphatic heterocycles. The Balaban J connectivity index is 2.11. The van der Waals surface area contributed by atoms with Crippen molar-refractivity contribution < 1.29 is 23.5 Å². The molecule has 1 aromatic carbocycles. The largest absolute Gasteiger partial charge is 0.468 e. The Morgan fingerprint density at radius 2 is 2.18 bits per heavy atom. The molecule has 5 nitrogen and oxygen atoms in total. The number of hydrogen-bond acceptors (Lipinski definition) is 4. The maximum Gasteiger partial charge on any atom is 0.316 e. The standard InChI is InChI=1S/C15H13ClFNO4/c1-22-13(20)7-6-15(5-4-10(7)19)11-9(18-14(15)21)3-2-8(17)12(11)16/h2-3,7H,4-6H2,1H3,(H,18,21). The summed E-state index contributed by atoms with van der Waals surface area (Å²) in [6, 6.07) is 2.61.